The summed E-state index contributed by atoms with van der Waals surface area (Å²) in [6.07, 6.45) is 3.24. The summed E-state index contributed by atoms with van der Waals surface area (Å²) in [5.41, 5.74) is 3.79. The van der Waals surface area contributed by atoms with E-state index in [0.717, 1.165) is 25.0 Å². The van der Waals surface area contributed by atoms with Crippen LogP contribution in [0.1, 0.15) is 41.3 Å². The zero-order valence-electron chi connectivity index (χ0n) is 17.1. The summed E-state index contributed by atoms with van der Waals surface area (Å²) >= 11 is 0. The van der Waals surface area contributed by atoms with Crippen LogP contribution >= 0.6 is 0 Å². The van der Waals surface area contributed by atoms with Gasteiger partial charge in [0.05, 0.1) is 12.5 Å². The number of Topliss-reactive ketones (excluding diaryl/α,β-unsaturated/α-hetero) is 1. The first-order valence-electron chi connectivity index (χ1n) is 10.4. The first kappa shape index (κ1) is 20.1. The van der Waals surface area contributed by atoms with Crippen molar-refractivity contribution in [3.05, 3.63) is 59.2 Å². The average molecular weight is 407 g/mol. The third kappa shape index (κ3) is 4.22. The third-order valence-electron chi connectivity index (χ3n) is 5.68. The minimum absolute atomic E-state index is 0.0824. The number of hydrogen-bond donors (Lipinski definition) is 0. The number of carbonyl (C=O) groups is 3. The van der Waals surface area contributed by atoms with Gasteiger partial charge in [-0.2, -0.15) is 0 Å². The number of rotatable bonds is 7. The van der Waals surface area contributed by atoms with Crippen LogP contribution in [0.2, 0.25) is 0 Å². The Labute approximate surface area is 175 Å². The Morgan fingerprint density at radius 2 is 1.83 bits per heavy atom. The molecule has 1 amide bonds. The highest BCUT2D eigenvalue weighted by molar-refractivity contribution is 6.01. The standard InChI is InChI=1S/C24H25NO5/c1-2-29-21-10-8-20(9-11-21)25-14-19(13-23(25)27)24(28)30-15-22(26)18-7-6-16-4-3-5-17(16)12-18/h6-12,19H,2-5,13-15H2,1H3. The molecule has 2 aromatic carbocycles. The molecule has 2 aliphatic rings. The van der Waals surface area contributed by atoms with Crippen LogP contribution in [0.25, 0.3) is 0 Å². The number of nitrogens with zero attached hydrogens (tertiary/aromatic N) is 1. The van der Waals surface area contributed by atoms with Gasteiger partial charge in [0.25, 0.3) is 0 Å². The number of hydrogen-bond acceptors (Lipinski definition) is 5. The molecule has 0 spiro atoms. The van der Waals surface area contributed by atoms with Crippen molar-refractivity contribution in [3.8, 4) is 5.75 Å². The fourth-order valence-electron chi connectivity index (χ4n) is 4.09. The normalized spacial score (nSPS) is 17.7. The van der Waals surface area contributed by atoms with Crippen molar-refractivity contribution in [2.75, 3.05) is 24.7 Å². The van der Waals surface area contributed by atoms with Gasteiger partial charge in [0.1, 0.15) is 5.75 Å². The number of ketones is 1. The molecule has 1 unspecified atom stereocenters. The Balaban J connectivity index is 1.33. The van der Waals surface area contributed by atoms with Gasteiger partial charge >= 0.3 is 5.97 Å². The van der Waals surface area contributed by atoms with Gasteiger partial charge in [-0.1, -0.05) is 12.1 Å². The van der Waals surface area contributed by atoms with E-state index in [-0.39, 0.29) is 31.3 Å². The van der Waals surface area contributed by atoms with E-state index in [9.17, 15) is 14.4 Å². The molecule has 6 nitrogen and oxygen atoms in total. The molecule has 0 radical (unpaired) electrons. The zero-order valence-corrected chi connectivity index (χ0v) is 17.1. The fourth-order valence-corrected chi connectivity index (χ4v) is 4.09. The molecule has 1 heterocycles. The van der Waals surface area contributed by atoms with Crippen molar-refractivity contribution in [1.82, 2.24) is 0 Å². The molecule has 0 bridgehead atoms. The van der Waals surface area contributed by atoms with Crippen molar-refractivity contribution >= 4 is 23.3 Å². The molecule has 30 heavy (non-hydrogen) atoms. The van der Waals surface area contributed by atoms with Crippen LogP contribution < -0.4 is 9.64 Å². The number of fused-ring (bicyclic) bond motifs is 1. The van der Waals surface area contributed by atoms with Crippen molar-refractivity contribution < 1.29 is 23.9 Å². The van der Waals surface area contributed by atoms with E-state index in [1.807, 2.05) is 19.1 Å². The van der Waals surface area contributed by atoms with Crippen LogP contribution in [0.4, 0.5) is 5.69 Å². The number of carbonyl (C=O) groups excluding carboxylic acids is 3. The molecule has 1 atom stereocenters. The van der Waals surface area contributed by atoms with Gasteiger partial charge in [0.2, 0.25) is 5.91 Å². The summed E-state index contributed by atoms with van der Waals surface area (Å²) in [4.78, 5) is 38.9. The first-order chi connectivity index (χ1) is 14.5. The minimum atomic E-state index is -0.572. The summed E-state index contributed by atoms with van der Waals surface area (Å²) < 4.78 is 10.7. The van der Waals surface area contributed by atoms with E-state index < -0.39 is 11.9 Å². The SMILES string of the molecule is CCOc1ccc(N2CC(C(=O)OCC(=O)c3ccc4c(c3)CCC4)CC2=O)cc1. The highest BCUT2D eigenvalue weighted by atomic mass is 16.5. The lowest BCUT2D eigenvalue weighted by atomic mass is 10.0. The zero-order chi connectivity index (χ0) is 21.1. The summed E-state index contributed by atoms with van der Waals surface area (Å²) in [6, 6.07) is 12.9. The van der Waals surface area contributed by atoms with E-state index >= 15 is 0 Å². The van der Waals surface area contributed by atoms with E-state index in [1.165, 1.54) is 11.1 Å². The summed E-state index contributed by atoms with van der Waals surface area (Å²) in [6.45, 7) is 2.42. The van der Waals surface area contributed by atoms with Gasteiger partial charge in [0.15, 0.2) is 12.4 Å². The first-order valence-corrected chi connectivity index (χ1v) is 10.4. The van der Waals surface area contributed by atoms with Gasteiger partial charge in [0, 0.05) is 24.2 Å². The van der Waals surface area contributed by atoms with Gasteiger partial charge in [-0.05, 0) is 67.6 Å². The number of esters is 1. The molecule has 0 aromatic heterocycles. The Morgan fingerprint density at radius 3 is 2.60 bits per heavy atom. The van der Waals surface area contributed by atoms with Crippen molar-refractivity contribution in [2.24, 2.45) is 5.92 Å². The molecule has 1 saturated heterocycles. The van der Waals surface area contributed by atoms with Crippen molar-refractivity contribution in [3.63, 3.8) is 0 Å². The van der Waals surface area contributed by atoms with E-state index in [1.54, 1.807) is 35.2 Å². The second kappa shape index (κ2) is 8.69. The molecule has 156 valence electrons. The Hall–Kier alpha value is -3.15. The minimum Gasteiger partial charge on any atom is -0.494 e. The lowest BCUT2D eigenvalue weighted by molar-refractivity contribution is -0.147. The van der Waals surface area contributed by atoms with Gasteiger partial charge < -0.3 is 14.4 Å². The molecule has 1 aliphatic carbocycles. The summed E-state index contributed by atoms with van der Waals surface area (Å²) in [7, 11) is 0. The number of ether oxygens (including phenoxy) is 2. The largest absolute Gasteiger partial charge is 0.494 e. The van der Waals surface area contributed by atoms with Crippen LogP contribution in [-0.2, 0) is 27.2 Å². The summed E-state index contributed by atoms with van der Waals surface area (Å²) in [5, 5.41) is 0. The predicted molar refractivity (Wildman–Crippen MR) is 112 cm³/mol. The van der Waals surface area contributed by atoms with Crippen molar-refractivity contribution in [2.45, 2.75) is 32.6 Å². The third-order valence-corrected chi connectivity index (χ3v) is 5.68. The Kier molecular flexibility index (Phi) is 5.84. The van der Waals surface area contributed by atoms with Crippen LogP contribution in [0.15, 0.2) is 42.5 Å². The van der Waals surface area contributed by atoms with Crippen LogP contribution in [0.3, 0.4) is 0 Å². The summed E-state index contributed by atoms with van der Waals surface area (Å²) in [5.74, 6) is -0.700. The van der Waals surface area contributed by atoms with E-state index in [4.69, 9.17) is 9.47 Å². The molecular weight excluding hydrogens is 382 g/mol. The Morgan fingerprint density at radius 1 is 1.07 bits per heavy atom. The lowest BCUT2D eigenvalue weighted by Crippen LogP contribution is -2.27. The number of anilines is 1. The van der Waals surface area contributed by atoms with Gasteiger partial charge in [-0.25, -0.2) is 0 Å². The molecule has 6 heteroatoms. The topological polar surface area (TPSA) is 72.9 Å². The highest BCUT2D eigenvalue weighted by Crippen LogP contribution is 2.28. The number of aryl methyl sites for hydroxylation is 2. The maximum Gasteiger partial charge on any atom is 0.311 e. The second-order valence-corrected chi connectivity index (χ2v) is 7.70. The number of benzene rings is 2. The molecule has 0 saturated carbocycles. The molecule has 0 N–H and O–H groups in total. The van der Waals surface area contributed by atoms with Crippen LogP contribution in [0, 0.1) is 5.92 Å². The van der Waals surface area contributed by atoms with Gasteiger partial charge in [-0.15, -0.1) is 0 Å². The molecular formula is C24H25NO5. The lowest BCUT2D eigenvalue weighted by Gasteiger charge is -2.17. The van der Waals surface area contributed by atoms with E-state index in [2.05, 4.69) is 0 Å². The van der Waals surface area contributed by atoms with Crippen LogP contribution in [0.5, 0.6) is 5.75 Å². The maximum absolute atomic E-state index is 12.5. The molecule has 1 fully saturated rings. The molecule has 1 aliphatic heterocycles. The second-order valence-electron chi connectivity index (χ2n) is 7.70. The Bertz CT molecular complexity index is 966. The average Bonchev–Trinajstić information content (AvgIpc) is 3.38. The molecule has 2 aromatic rings. The molecule has 4 rings (SSSR count). The van der Waals surface area contributed by atoms with Gasteiger partial charge in [-0.3, -0.25) is 14.4 Å². The quantitative estimate of drug-likeness (QED) is 0.520. The van der Waals surface area contributed by atoms with Crippen LogP contribution in [-0.4, -0.2) is 37.4 Å². The fraction of sp³-hybridized carbons (Fsp3) is 0.375. The predicted octanol–water partition coefficient (Wildman–Crippen LogP) is 3.35. The smallest absolute Gasteiger partial charge is 0.311 e. The van der Waals surface area contributed by atoms with E-state index in [0.29, 0.717) is 17.9 Å². The monoisotopic (exact) mass is 407 g/mol. The number of amides is 1. The highest BCUT2D eigenvalue weighted by Gasteiger charge is 2.36. The van der Waals surface area contributed by atoms with Crippen molar-refractivity contribution in [1.29, 1.82) is 0 Å². The maximum atomic E-state index is 12.5.